The summed E-state index contributed by atoms with van der Waals surface area (Å²) in [5, 5.41) is 0. The van der Waals surface area contributed by atoms with Crippen LogP contribution in [0.4, 0.5) is 0 Å². The lowest BCUT2D eigenvalue weighted by atomic mass is 9.94. The molecule has 0 aromatic rings. The second-order valence-corrected chi connectivity index (χ2v) is 6.29. The van der Waals surface area contributed by atoms with E-state index < -0.39 is 0 Å². The molecule has 0 spiro atoms. The first-order chi connectivity index (χ1) is 9.52. The number of hydrogen-bond acceptors (Lipinski definition) is 2. The van der Waals surface area contributed by atoms with Crippen molar-refractivity contribution < 1.29 is 0 Å². The van der Waals surface area contributed by atoms with Crippen LogP contribution in [0.15, 0.2) is 28.9 Å². The molecule has 0 heterocycles. The lowest BCUT2D eigenvalue weighted by Gasteiger charge is -2.33. The van der Waals surface area contributed by atoms with Gasteiger partial charge in [0, 0.05) is 30.5 Å². The van der Waals surface area contributed by atoms with Gasteiger partial charge in [0.25, 0.3) is 0 Å². The summed E-state index contributed by atoms with van der Waals surface area (Å²) >= 11 is 0. The molecule has 20 heavy (non-hydrogen) atoms. The van der Waals surface area contributed by atoms with Crippen LogP contribution in [0, 0.1) is 0 Å². The van der Waals surface area contributed by atoms with Gasteiger partial charge in [0.05, 0.1) is 0 Å². The van der Waals surface area contributed by atoms with E-state index in [1.54, 1.807) is 0 Å². The lowest BCUT2D eigenvalue weighted by Crippen LogP contribution is -2.38. The van der Waals surface area contributed by atoms with E-state index in [1.807, 2.05) is 0 Å². The van der Waals surface area contributed by atoms with Crippen LogP contribution in [0.5, 0.6) is 0 Å². The molecular weight excluding hydrogens is 244 g/mol. The molecule has 0 N–H and O–H groups in total. The summed E-state index contributed by atoms with van der Waals surface area (Å²) in [6.45, 7) is 14.6. The van der Waals surface area contributed by atoms with Gasteiger partial charge in [-0.05, 0) is 46.1 Å². The van der Waals surface area contributed by atoms with Crippen molar-refractivity contribution >= 4 is 5.71 Å². The molecule has 0 aliphatic heterocycles. The largest absolute Gasteiger partial charge is 0.293 e. The molecule has 0 aromatic carbocycles. The Kier molecular flexibility index (Phi) is 7.83. The van der Waals surface area contributed by atoms with Crippen LogP contribution in [0.3, 0.4) is 0 Å². The zero-order chi connectivity index (χ0) is 15.0. The number of hydrogen-bond donors (Lipinski definition) is 0. The molecule has 1 fully saturated rings. The summed E-state index contributed by atoms with van der Waals surface area (Å²) in [6, 6.07) is 0.738. The first-order valence-electron chi connectivity index (χ1n) is 8.12. The molecule has 0 unspecified atom stereocenters. The van der Waals surface area contributed by atoms with E-state index in [9.17, 15) is 0 Å². The molecule has 2 heteroatoms. The number of rotatable bonds is 7. The Morgan fingerprint density at radius 3 is 2.35 bits per heavy atom. The van der Waals surface area contributed by atoms with E-state index in [0.29, 0.717) is 0 Å². The van der Waals surface area contributed by atoms with Gasteiger partial charge in [-0.1, -0.05) is 38.3 Å². The molecule has 0 bridgehead atoms. The highest BCUT2D eigenvalue weighted by molar-refractivity contribution is 5.80. The van der Waals surface area contributed by atoms with Crippen molar-refractivity contribution in [2.24, 2.45) is 4.99 Å². The molecule has 0 saturated heterocycles. The minimum Gasteiger partial charge on any atom is -0.293 e. The second-order valence-electron chi connectivity index (χ2n) is 6.29. The minimum absolute atomic E-state index is 0.738. The van der Waals surface area contributed by atoms with Gasteiger partial charge >= 0.3 is 0 Å². The van der Waals surface area contributed by atoms with E-state index >= 15 is 0 Å². The fourth-order valence-electron chi connectivity index (χ4n) is 2.91. The average molecular weight is 276 g/mol. The third kappa shape index (κ3) is 6.51. The number of aliphatic imine (C=N–C) groups is 1. The topological polar surface area (TPSA) is 15.6 Å². The van der Waals surface area contributed by atoms with Crippen molar-refractivity contribution in [1.29, 1.82) is 0 Å². The standard InChI is InChI=1S/C18H32N2/c1-6-17(19-16(4)5)12-13-20(14-15(2)3)18-10-8-7-9-11-18/h12,18H,2,6-11,13-14H2,1,3-5H3/b17-12-. The van der Waals surface area contributed by atoms with Crippen LogP contribution in [0.2, 0.25) is 0 Å². The van der Waals surface area contributed by atoms with Crippen LogP contribution in [0.25, 0.3) is 0 Å². The van der Waals surface area contributed by atoms with Crippen LogP contribution in [-0.2, 0) is 0 Å². The van der Waals surface area contributed by atoms with E-state index in [1.165, 1.54) is 43.4 Å². The van der Waals surface area contributed by atoms with Gasteiger partial charge in [0.1, 0.15) is 0 Å². The van der Waals surface area contributed by atoms with E-state index in [-0.39, 0.29) is 0 Å². The van der Waals surface area contributed by atoms with Gasteiger partial charge in [-0.2, -0.15) is 0 Å². The number of allylic oxidation sites excluding steroid dienone is 1. The monoisotopic (exact) mass is 276 g/mol. The maximum atomic E-state index is 4.62. The number of nitrogens with zero attached hydrogens (tertiary/aromatic N) is 2. The molecule has 1 aliphatic carbocycles. The molecule has 1 saturated carbocycles. The summed E-state index contributed by atoms with van der Waals surface area (Å²) in [5.41, 5.74) is 3.62. The van der Waals surface area contributed by atoms with Crippen LogP contribution >= 0.6 is 0 Å². The van der Waals surface area contributed by atoms with E-state index in [0.717, 1.165) is 31.3 Å². The van der Waals surface area contributed by atoms with Crippen LogP contribution in [0.1, 0.15) is 66.2 Å². The maximum absolute atomic E-state index is 4.62. The molecule has 0 radical (unpaired) electrons. The molecule has 0 amide bonds. The highest BCUT2D eigenvalue weighted by atomic mass is 15.1. The third-order valence-electron chi connectivity index (χ3n) is 3.85. The van der Waals surface area contributed by atoms with Crippen molar-refractivity contribution in [2.75, 3.05) is 13.1 Å². The summed E-state index contributed by atoms with van der Waals surface area (Å²) in [4.78, 5) is 7.22. The average Bonchev–Trinajstić information content (AvgIpc) is 2.42. The summed E-state index contributed by atoms with van der Waals surface area (Å²) in [5.74, 6) is 0. The first kappa shape index (κ1) is 17.2. The predicted molar refractivity (Wildman–Crippen MR) is 90.4 cm³/mol. The van der Waals surface area contributed by atoms with Gasteiger partial charge in [0.15, 0.2) is 0 Å². The Morgan fingerprint density at radius 1 is 1.20 bits per heavy atom. The Hall–Kier alpha value is -0.890. The fraction of sp³-hybridized carbons (Fsp3) is 0.722. The zero-order valence-electron chi connectivity index (χ0n) is 13.9. The normalized spacial score (nSPS) is 17.4. The maximum Gasteiger partial charge on any atom is 0.0372 e. The van der Waals surface area contributed by atoms with Crippen molar-refractivity contribution in [3.8, 4) is 0 Å². The Morgan fingerprint density at radius 2 is 1.85 bits per heavy atom. The molecule has 0 atom stereocenters. The molecule has 1 aliphatic rings. The van der Waals surface area contributed by atoms with Gasteiger partial charge in [-0.25, -0.2) is 0 Å². The molecule has 114 valence electrons. The van der Waals surface area contributed by atoms with Gasteiger partial charge in [0.2, 0.25) is 0 Å². The van der Waals surface area contributed by atoms with Crippen molar-refractivity contribution in [3.63, 3.8) is 0 Å². The SMILES string of the molecule is C=C(C)CN(C/C=C(/CC)N=C(C)C)C1CCCCC1. The van der Waals surface area contributed by atoms with Crippen molar-refractivity contribution in [2.45, 2.75) is 72.3 Å². The summed E-state index contributed by atoms with van der Waals surface area (Å²) in [7, 11) is 0. The minimum atomic E-state index is 0.738. The van der Waals surface area contributed by atoms with E-state index in [2.05, 4.69) is 50.2 Å². The van der Waals surface area contributed by atoms with E-state index in [4.69, 9.17) is 0 Å². The molecular formula is C18H32N2. The van der Waals surface area contributed by atoms with Crippen molar-refractivity contribution in [3.05, 3.63) is 23.9 Å². The third-order valence-corrected chi connectivity index (χ3v) is 3.85. The first-order valence-corrected chi connectivity index (χ1v) is 8.12. The molecule has 1 rings (SSSR count). The molecule has 0 aromatic heterocycles. The Balaban J connectivity index is 2.70. The predicted octanol–water partition coefficient (Wildman–Crippen LogP) is 4.97. The second kappa shape index (κ2) is 9.12. The Labute approximate surface area is 125 Å². The quantitative estimate of drug-likeness (QED) is 0.473. The highest BCUT2D eigenvalue weighted by Crippen LogP contribution is 2.23. The zero-order valence-corrected chi connectivity index (χ0v) is 13.9. The summed E-state index contributed by atoms with van der Waals surface area (Å²) < 4.78 is 0. The van der Waals surface area contributed by atoms with Gasteiger partial charge in [-0.3, -0.25) is 9.89 Å². The van der Waals surface area contributed by atoms with Crippen LogP contribution in [-0.4, -0.2) is 29.7 Å². The van der Waals surface area contributed by atoms with Crippen molar-refractivity contribution in [1.82, 2.24) is 4.90 Å². The molecule has 2 nitrogen and oxygen atoms in total. The fourth-order valence-corrected chi connectivity index (χ4v) is 2.91. The van der Waals surface area contributed by atoms with Gasteiger partial charge in [-0.15, -0.1) is 0 Å². The van der Waals surface area contributed by atoms with Crippen LogP contribution < -0.4 is 0 Å². The smallest absolute Gasteiger partial charge is 0.0372 e. The highest BCUT2D eigenvalue weighted by Gasteiger charge is 2.20. The van der Waals surface area contributed by atoms with Gasteiger partial charge < -0.3 is 0 Å². The lowest BCUT2D eigenvalue weighted by molar-refractivity contribution is 0.185. The summed E-state index contributed by atoms with van der Waals surface area (Å²) in [6.07, 6.45) is 10.2. The Bertz CT molecular complexity index is 356.